The Balaban J connectivity index is 1.57. The average molecular weight is 430 g/mol. The second-order valence-corrected chi connectivity index (χ2v) is 9.33. The number of allylic oxidation sites excluding steroid dienone is 1. The molecule has 168 valence electrons. The number of benzene rings is 1. The summed E-state index contributed by atoms with van der Waals surface area (Å²) in [6, 6.07) is 3.74. The number of carbonyl (C=O) groups is 2. The van der Waals surface area contributed by atoms with Gasteiger partial charge in [0.15, 0.2) is 0 Å². The van der Waals surface area contributed by atoms with Gasteiger partial charge in [-0.1, -0.05) is 6.08 Å². The number of nitrogens with zero attached hydrogens (tertiary/aromatic N) is 2. The molecule has 1 aromatic carbocycles. The standard InChI is InChI=1S/C23H31N3O5/c1-22(2,3)31-21(28)25-10-8-23(9-11-25)19-7-6-17-15(14-26(19)20(27)24-23)12-16(29-4)13-18(17)30-5/h7,12-13H,6,8-11,14H2,1-5H3,(H,24,27). The van der Waals surface area contributed by atoms with Crippen molar-refractivity contribution in [3.63, 3.8) is 0 Å². The van der Waals surface area contributed by atoms with Crippen molar-refractivity contribution >= 4 is 12.1 Å². The monoisotopic (exact) mass is 429 g/mol. The molecule has 3 aliphatic heterocycles. The van der Waals surface area contributed by atoms with E-state index in [9.17, 15) is 9.59 Å². The molecule has 2 saturated heterocycles. The quantitative estimate of drug-likeness (QED) is 0.779. The van der Waals surface area contributed by atoms with Gasteiger partial charge in [0.2, 0.25) is 0 Å². The van der Waals surface area contributed by atoms with E-state index in [1.54, 1.807) is 19.1 Å². The molecule has 31 heavy (non-hydrogen) atoms. The first-order chi connectivity index (χ1) is 14.7. The fourth-order valence-electron chi connectivity index (χ4n) is 4.66. The molecule has 0 aliphatic carbocycles. The number of carbonyl (C=O) groups excluding carboxylic acids is 2. The summed E-state index contributed by atoms with van der Waals surface area (Å²) in [4.78, 5) is 29.0. The molecular weight excluding hydrogens is 398 g/mol. The molecule has 0 saturated carbocycles. The van der Waals surface area contributed by atoms with Crippen LogP contribution in [0.3, 0.4) is 0 Å². The summed E-state index contributed by atoms with van der Waals surface area (Å²) in [6.45, 7) is 7.11. The van der Waals surface area contributed by atoms with Crippen LogP contribution in [0.2, 0.25) is 0 Å². The largest absolute Gasteiger partial charge is 0.497 e. The molecule has 1 N–H and O–H groups in total. The number of hydrogen-bond donors (Lipinski definition) is 1. The van der Waals surface area contributed by atoms with Crippen molar-refractivity contribution < 1.29 is 23.8 Å². The van der Waals surface area contributed by atoms with Crippen molar-refractivity contribution in [3.05, 3.63) is 35.0 Å². The van der Waals surface area contributed by atoms with E-state index in [0.29, 0.717) is 44.6 Å². The highest BCUT2D eigenvalue weighted by molar-refractivity contribution is 5.83. The first-order valence-electron chi connectivity index (χ1n) is 10.7. The minimum absolute atomic E-state index is 0.105. The Kier molecular flexibility index (Phi) is 5.27. The lowest BCUT2D eigenvalue weighted by atomic mass is 9.84. The normalized spacial score (nSPS) is 19.8. The summed E-state index contributed by atoms with van der Waals surface area (Å²) >= 11 is 0. The Morgan fingerprint density at radius 1 is 1.13 bits per heavy atom. The van der Waals surface area contributed by atoms with Crippen LogP contribution in [0.5, 0.6) is 11.5 Å². The lowest BCUT2D eigenvalue weighted by molar-refractivity contribution is 0.0174. The van der Waals surface area contributed by atoms with E-state index in [4.69, 9.17) is 14.2 Å². The molecular formula is C23H31N3O5. The number of urea groups is 1. The van der Waals surface area contributed by atoms with Gasteiger partial charge in [-0.25, -0.2) is 9.59 Å². The van der Waals surface area contributed by atoms with Crippen molar-refractivity contribution in [2.45, 2.75) is 57.7 Å². The van der Waals surface area contributed by atoms with Crippen LogP contribution >= 0.6 is 0 Å². The zero-order valence-corrected chi connectivity index (χ0v) is 18.9. The lowest BCUT2D eigenvalue weighted by Gasteiger charge is -2.40. The highest BCUT2D eigenvalue weighted by Gasteiger charge is 2.50. The van der Waals surface area contributed by atoms with Gasteiger partial charge in [-0.2, -0.15) is 0 Å². The second kappa shape index (κ2) is 7.66. The molecule has 1 spiro atoms. The Hall–Kier alpha value is -2.90. The maximum absolute atomic E-state index is 13.0. The predicted molar refractivity (Wildman–Crippen MR) is 115 cm³/mol. The van der Waals surface area contributed by atoms with Crippen LogP contribution in [-0.2, 0) is 17.7 Å². The Morgan fingerprint density at radius 3 is 2.45 bits per heavy atom. The van der Waals surface area contributed by atoms with Gasteiger partial charge in [0.05, 0.1) is 26.3 Å². The van der Waals surface area contributed by atoms with E-state index < -0.39 is 11.1 Å². The third kappa shape index (κ3) is 3.91. The van der Waals surface area contributed by atoms with Gasteiger partial charge in [-0.3, -0.25) is 4.90 Å². The number of methoxy groups -OCH3 is 2. The summed E-state index contributed by atoms with van der Waals surface area (Å²) in [7, 11) is 3.27. The second-order valence-electron chi connectivity index (χ2n) is 9.33. The van der Waals surface area contributed by atoms with Gasteiger partial charge in [-0.05, 0) is 51.7 Å². The van der Waals surface area contributed by atoms with Gasteiger partial charge in [0.1, 0.15) is 17.1 Å². The summed E-state index contributed by atoms with van der Waals surface area (Å²) in [5.41, 5.74) is 2.08. The fraction of sp³-hybridized carbons (Fsp3) is 0.565. The molecule has 0 atom stereocenters. The molecule has 8 heteroatoms. The van der Waals surface area contributed by atoms with Crippen molar-refractivity contribution in [2.75, 3.05) is 27.3 Å². The summed E-state index contributed by atoms with van der Waals surface area (Å²) in [6.07, 6.45) is 3.79. The van der Waals surface area contributed by atoms with E-state index in [-0.39, 0.29) is 12.1 Å². The highest BCUT2D eigenvalue weighted by atomic mass is 16.6. The smallest absolute Gasteiger partial charge is 0.410 e. The number of hydrogen-bond acceptors (Lipinski definition) is 5. The number of piperidine rings is 1. The lowest BCUT2D eigenvalue weighted by Crippen LogP contribution is -2.53. The Labute approximate surface area is 183 Å². The molecule has 3 aliphatic rings. The maximum Gasteiger partial charge on any atom is 0.410 e. The average Bonchev–Trinajstić information content (AvgIpc) is 2.86. The summed E-state index contributed by atoms with van der Waals surface area (Å²) in [5, 5.41) is 3.21. The number of amides is 3. The first-order valence-corrected chi connectivity index (χ1v) is 10.7. The SMILES string of the molecule is COc1cc2c(c(OC)c1)CC=C1N(C2)C(=O)NC12CCN(C(=O)OC(C)(C)C)CC2. The van der Waals surface area contributed by atoms with E-state index in [0.717, 1.165) is 22.6 Å². The molecule has 0 radical (unpaired) electrons. The first kappa shape index (κ1) is 21.3. The fourth-order valence-corrected chi connectivity index (χ4v) is 4.66. The van der Waals surface area contributed by atoms with Crippen LogP contribution in [0, 0.1) is 0 Å². The summed E-state index contributed by atoms with van der Waals surface area (Å²) in [5.74, 6) is 1.47. The van der Waals surface area contributed by atoms with Gasteiger partial charge in [-0.15, -0.1) is 0 Å². The van der Waals surface area contributed by atoms with Crippen LogP contribution in [0.25, 0.3) is 0 Å². The highest BCUT2D eigenvalue weighted by Crippen LogP contribution is 2.41. The Morgan fingerprint density at radius 2 is 1.84 bits per heavy atom. The van der Waals surface area contributed by atoms with E-state index in [1.165, 1.54) is 0 Å². The van der Waals surface area contributed by atoms with E-state index in [2.05, 4.69) is 11.4 Å². The molecule has 2 fully saturated rings. The third-order valence-electron chi connectivity index (χ3n) is 6.20. The number of ether oxygens (including phenoxy) is 3. The van der Waals surface area contributed by atoms with Crippen LogP contribution in [0.15, 0.2) is 23.9 Å². The topological polar surface area (TPSA) is 80.3 Å². The minimum atomic E-state index is -0.527. The summed E-state index contributed by atoms with van der Waals surface area (Å²) < 4.78 is 16.5. The zero-order chi connectivity index (χ0) is 22.4. The number of fused-ring (bicyclic) bond motifs is 3. The van der Waals surface area contributed by atoms with Gasteiger partial charge in [0, 0.05) is 30.4 Å². The predicted octanol–water partition coefficient (Wildman–Crippen LogP) is 3.44. The van der Waals surface area contributed by atoms with Gasteiger partial charge < -0.3 is 24.4 Å². The van der Waals surface area contributed by atoms with E-state index >= 15 is 0 Å². The molecule has 1 aromatic rings. The van der Waals surface area contributed by atoms with Gasteiger partial charge >= 0.3 is 12.1 Å². The van der Waals surface area contributed by atoms with Gasteiger partial charge in [0.25, 0.3) is 0 Å². The van der Waals surface area contributed by atoms with Crippen LogP contribution in [0.1, 0.15) is 44.7 Å². The number of nitrogens with one attached hydrogen (secondary N) is 1. The number of rotatable bonds is 2. The third-order valence-corrected chi connectivity index (χ3v) is 6.20. The molecule has 3 heterocycles. The maximum atomic E-state index is 13.0. The molecule has 8 nitrogen and oxygen atoms in total. The minimum Gasteiger partial charge on any atom is -0.497 e. The Bertz CT molecular complexity index is 926. The van der Waals surface area contributed by atoms with Crippen LogP contribution < -0.4 is 14.8 Å². The molecule has 3 amide bonds. The molecule has 4 rings (SSSR count). The molecule has 0 unspecified atom stereocenters. The van der Waals surface area contributed by atoms with Crippen LogP contribution in [0.4, 0.5) is 9.59 Å². The van der Waals surface area contributed by atoms with Crippen molar-refractivity contribution in [3.8, 4) is 11.5 Å². The molecule has 0 bridgehead atoms. The van der Waals surface area contributed by atoms with Crippen molar-refractivity contribution in [1.29, 1.82) is 0 Å². The van der Waals surface area contributed by atoms with Crippen molar-refractivity contribution in [1.82, 2.24) is 15.1 Å². The molecule has 0 aromatic heterocycles. The zero-order valence-electron chi connectivity index (χ0n) is 18.9. The van der Waals surface area contributed by atoms with Crippen molar-refractivity contribution in [2.24, 2.45) is 0 Å². The van der Waals surface area contributed by atoms with Crippen LogP contribution in [-0.4, -0.2) is 60.4 Å². The number of likely N-dealkylation sites (tertiary alicyclic amines) is 1. The van der Waals surface area contributed by atoms with E-state index in [1.807, 2.05) is 37.8 Å².